The molecule has 3 heterocycles. The van der Waals surface area contributed by atoms with Crippen LogP contribution in [0.5, 0.6) is 0 Å². The minimum absolute atomic E-state index is 0.0326. The van der Waals surface area contributed by atoms with Crippen LogP contribution in [0.1, 0.15) is 38.4 Å². The number of carbonyl (C=O) groups is 1. The first-order valence-electron chi connectivity index (χ1n) is 11.9. The third kappa shape index (κ3) is 7.99. The molecule has 0 atom stereocenters. The molecule has 0 bridgehead atoms. The minimum atomic E-state index is -4.62. The van der Waals surface area contributed by atoms with E-state index in [-0.39, 0.29) is 16.9 Å². The number of hydrogen-bond donors (Lipinski definition) is 2. The van der Waals surface area contributed by atoms with Gasteiger partial charge in [0.05, 0.1) is 29.3 Å². The molecule has 0 unspecified atom stereocenters. The van der Waals surface area contributed by atoms with Crippen LogP contribution in [-0.2, 0) is 16.3 Å². The summed E-state index contributed by atoms with van der Waals surface area (Å²) < 4.78 is 69.3. The van der Waals surface area contributed by atoms with Gasteiger partial charge in [0.25, 0.3) is 16.0 Å². The molecule has 5 rings (SSSR count). The first kappa shape index (κ1) is 29.9. The average Bonchev–Trinajstić information content (AvgIpc) is 3.55. The van der Waals surface area contributed by atoms with Gasteiger partial charge < -0.3 is 5.32 Å². The third-order valence-corrected chi connectivity index (χ3v) is 5.46. The van der Waals surface area contributed by atoms with Crippen molar-refractivity contribution in [2.24, 2.45) is 0 Å². The highest BCUT2D eigenvalue weighted by molar-refractivity contribution is 7.85. The van der Waals surface area contributed by atoms with Crippen molar-refractivity contribution in [1.29, 1.82) is 0 Å². The summed E-state index contributed by atoms with van der Waals surface area (Å²) in [5.74, 6) is 5.85. The summed E-state index contributed by atoms with van der Waals surface area (Å²) in [5.41, 5.74) is 2.15. The molecule has 3 aromatic heterocycles. The Hall–Kier alpha value is -5.07. The summed E-state index contributed by atoms with van der Waals surface area (Å²) >= 11 is 0. The number of nitrogens with zero attached hydrogens (tertiary/aromatic N) is 6. The number of nitrogens with one attached hydrogen (secondary N) is 1. The number of fused-ring (bicyclic) bond motifs is 1. The zero-order valence-electron chi connectivity index (χ0n) is 22.2. The predicted molar refractivity (Wildman–Crippen MR) is 147 cm³/mol. The standard InChI is InChI=1S/C26H18F3N7O.CH4O3S/c1-16-3-5-20(9-19(16)6-4-18-13-30-24-7-8-32-35(24)14-18)25(37)33-22-10-21(26(27,28)29)11-23(12-22)36-15-31-17(2)34-36;1-5(2,3)4/h3,5,7-15H,1-2H3,(H,33,37);1H3,(H,2,3,4). The van der Waals surface area contributed by atoms with Crippen molar-refractivity contribution >= 4 is 27.4 Å². The van der Waals surface area contributed by atoms with E-state index in [2.05, 4.69) is 37.3 Å². The molecular weight excluding hydrogens is 575 g/mol. The van der Waals surface area contributed by atoms with Crippen LogP contribution in [0.25, 0.3) is 11.3 Å². The highest BCUT2D eigenvalue weighted by atomic mass is 32.2. The number of benzene rings is 2. The summed E-state index contributed by atoms with van der Waals surface area (Å²) in [6.07, 6.45) is 2.40. The molecule has 15 heteroatoms. The van der Waals surface area contributed by atoms with Crippen LogP contribution in [0.3, 0.4) is 0 Å². The minimum Gasteiger partial charge on any atom is -0.322 e. The molecule has 5 aromatic rings. The Bertz CT molecular complexity index is 1950. The fraction of sp³-hybridized carbons (Fsp3) is 0.148. The van der Waals surface area contributed by atoms with Crippen molar-refractivity contribution in [3.63, 3.8) is 0 Å². The topological polar surface area (TPSA) is 144 Å². The number of hydrogen-bond acceptors (Lipinski definition) is 7. The number of alkyl halides is 3. The molecule has 0 aliphatic rings. The first-order valence-corrected chi connectivity index (χ1v) is 13.8. The van der Waals surface area contributed by atoms with Crippen LogP contribution in [-0.4, -0.2) is 54.5 Å². The lowest BCUT2D eigenvalue weighted by molar-refractivity contribution is -0.137. The molecule has 0 aliphatic heterocycles. The van der Waals surface area contributed by atoms with Gasteiger partial charge >= 0.3 is 6.18 Å². The molecule has 0 radical (unpaired) electrons. The number of halogens is 3. The van der Waals surface area contributed by atoms with Gasteiger partial charge in [-0.05, 0) is 49.7 Å². The molecule has 1 amide bonds. The largest absolute Gasteiger partial charge is 0.416 e. The van der Waals surface area contributed by atoms with Gasteiger partial charge in [-0.3, -0.25) is 9.35 Å². The Morgan fingerprint density at radius 1 is 1.05 bits per heavy atom. The Kier molecular flexibility index (Phi) is 8.41. The van der Waals surface area contributed by atoms with Gasteiger partial charge in [0, 0.05) is 35.3 Å². The summed E-state index contributed by atoms with van der Waals surface area (Å²) in [4.78, 5) is 21.2. The van der Waals surface area contributed by atoms with Crippen molar-refractivity contribution in [2.75, 3.05) is 11.6 Å². The lowest BCUT2D eigenvalue weighted by Gasteiger charge is -2.13. The molecule has 42 heavy (non-hydrogen) atoms. The van der Waals surface area contributed by atoms with Crippen molar-refractivity contribution < 1.29 is 30.9 Å². The van der Waals surface area contributed by atoms with Crippen LogP contribution >= 0.6 is 0 Å². The molecule has 11 nitrogen and oxygen atoms in total. The van der Waals surface area contributed by atoms with Gasteiger partial charge in [-0.25, -0.2) is 19.2 Å². The van der Waals surface area contributed by atoms with Crippen molar-refractivity contribution in [3.05, 3.63) is 101 Å². The monoisotopic (exact) mass is 597 g/mol. The first-order chi connectivity index (χ1) is 19.7. The van der Waals surface area contributed by atoms with Gasteiger partial charge in [-0.1, -0.05) is 17.9 Å². The zero-order chi connectivity index (χ0) is 30.7. The molecule has 0 spiro atoms. The number of aromatic nitrogens is 6. The molecule has 2 aromatic carbocycles. The Morgan fingerprint density at radius 2 is 1.79 bits per heavy atom. The normalized spacial score (nSPS) is 11.3. The second kappa shape index (κ2) is 11.8. The SMILES string of the molecule is CS(=O)(=O)O.Cc1ncn(-c2cc(NC(=O)c3ccc(C)c(C#Cc4cnc5ccnn5c4)c3)cc(C(F)(F)F)c2)n1. The Morgan fingerprint density at radius 3 is 2.45 bits per heavy atom. The number of carbonyl (C=O) groups excluding carboxylic acids is 1. The fourth-order valence-electron chi connectivity index (χ4n) is 3.56. The Labute approximate surface area is 237 Å². The van der Waals surface area contributed by atoms with E-state index < -0.39 is 27.8 Å². The van der Waals surface area contributed by atoms with Crippen molar-refractivity contribution in [3.8, 4) is 17.5 Å². The third-order valence-electron chi connectivity index (χ3n) is 5.46. The Balaban J connectivity index is 0.000000748. The summed E-state index contributed by atoms with van der Waals surface area (Å²) in [7, 11) is -3.67. The molecule has 2 N–H and O–H groups in total. The van der Waals surface area contributed by atoms with E-state index in [0.717, 1.165) is 17.7 Å². The second-order valence-corrected chi connectivity index (χ2v) is 10.4. The van der Waals surface area contributed by atoms with Crippen LogP contribution < -0.4 is 5.32 Å². The number of amides is 1. The van der Waals surface area contributed by atoms with Gasteiger partial charge in [0.2, 0.25) is 0 Å². The maximum absolute atomic E-state index is 13.5. The molecular formula is C27H22F3N7O4S. The molecule has 0 saturated carbocycles. The molecule has 216 valence electrons. The summed E-state index contributed by atoms with van der Waals surface area (Å²) in [5, 5.41) is 10.7. The van der Waals surface area contributed by atoms with Crippen LogP contribution in [0.15, 0.2) is 67.4 Å². The molecule has 0 saturated heterocycles. The van der Waals surface area contributed by atoms with E-state index in [1.807, 2.05) is 6.92 Å². The van der Waals surface area contributed by atoms with Gasteiger partial charge in [0.1, 0.15) is 12.2 Å². The summed E-state index contributed by atoms with van der Waals surface area (Å²) in [6.45, 7) is 3.47. The average molecular weight is 598 g/mol. The van der Waals surface area contributed by atoms with Crippen LogP contribution in [0.4, 0.5) is 18.9 Å². The van der Waals surface area contributed by atoms with Crippen molar-refractivity contribution in [1.82, 2.24) is 29.4 Å². The predicted octanol–water partition coefficient (Wildman–Crippen LogP) is 4.10. The van der Waals surface area contributed by atoms with Crippen LogP contribution in [0, 0.1) is 25.7 Å². The van der Waals surface area contributed by atoms with Gasteiger partial charge in [-0.15, -0.1) is 0 Å². The van der Waals surface area contributed by atoms with Gasteiger partial charge in [-0.2, -0.15) is 31.8 Å². The maximum Gasteiger partial charge on any atom is 0.416 e. The maximum atomic E-state index is 13.5. The second-order valence-electron chi connectivity index (χ2n) is 8.95. The highest BCUT2D eigenvalue weighted by Crippen LogP contribution is 2.33. The van der Waals surface area contributed by atoms with E-state index in [1.165, 1.54) is 17.1 Å². The number of aryl methyl sites for hydroxylation is 2. The van der Waals surface area contributed by atoms with E-state index in [4.69, 9.17) is 4.55 Å². The summed E-state index contributed by atoms with van der Waals surface area (Å²) in [6, 6.07) is 9.88. The van der Waals surface area contributed by atoms with Crippen molar-refractivity contribution in [2.45, 2.75) is 20.0 Å². The van der Waals surface area contributed by atoms with E-state index in [1.54, 1.807) is 54.3 Å². The number of anilines is 1. The van der Waals surface area contributed by atoms with E-state index >= 15 is 0 Å². The van der Waals surface area contributed by atoms with E-state index in [0.29, 0.717) is 28.9 Å². The van der Waals surface area contributed by atoms with Crippen LogP contribution in [0.2, 0.25) is 0 Å². The fourth-order valence-corrected chi connectivity index (χ4v) is 3.56. The highest BCUT2D eigenvalue weighted by Gasteiger charge is 2.31. The smallest absolute Gasteiger partial charge is 0.322 e. The molecule has 0 aliphatic carbocycles. The molecule has 0 fully saturated rings. The lowest BCUT2D eigenvalue weighted by Crippen LogP contribution is -2.14. The van der Waals surface area contributed by atoms with E-state index in [9.17, 15) is 26.4 Å². The number of rotatable bonds is 3. The zero-order valence-corrected chi connectivity index (χ0v) is 23.1. The lowest BCUT2D eigenvalue weighted by atomic mass is 10.0. The quantitative estimate of drug-likeness (QED) is 0.234. The van der Waals surface area contributed by atoms with Gasteiger partial charge in [0.15, 0.2) is 5.65 Å².